The van der Waals surface area contributed by atoms with Crippen molar-refractivity contribution >= 4 is 44.1 Å². The van der Waals surface area contributed by atoms with Gasteiger partial charge in [-0.3, -0.25) is 0 Å². The van der Waals surface area contributed by atoms with Crippen LogP contribution in [-0.2, 0) is 0 Å². The SMILES string of the molecule is Ic1c2ccccc2cc2ccccc12. The molecule has 0 bridgehead atoms. The van der Waals surface area contributed by atoms with E-state index in [1.54, 1.807) is 0 Å². The Hall–Kier alpha value is -1.09. The highest BCUT2D eigenvalue weighted by Crippen LogP contribution is 2.29. The summed E-state index contributed by atoms with van der Waals surface area (Å²) < 4.78 is 1.35. The van der Waals surface area contributed by atoms with Gasteiger partial charge in [0, 0.05) is 3.57 Å². The third-order valence-corrected chi connectivity index (χ3v) is 3.87. The summed E-state index contributed by atoms with van der Waals surface area (Å²) in [4.78, 5) is 0. The van der Waals surface area contributed by atoms with Crippen LogP contribution >= 0.6 is 22.6 Å². The molecule has 0 saturated carbocycles. The Morgan fingerprint density at radius 2 is 1.13 bits per heavy atom. The standard InChI is InChI=1S/C14H9I/c15-14-12-7-3-1-5-10(12)9-11-6-2-4-8-13(11)14/h1-9H. The van der Waals surface area contributed by atoms with Crippen LogP contribution < -0.4 is 0 Å². The lowest BCUT2D eigenvalue weighted by atomic mass is 10.0. The Kier molecular flexibility index (Phi) is 2.13. The lowest BCUT2D eigenvalue weighted by molar-refractivity contribution is 1.74. The molecule has 0 spiro atoms. The predicted octanol–water partition coefficient (Wildman–Crippen LogP) is 4.60. The summed E-state index contributed by atoms with van der Waals surface area (Å²) in [6.07, 6.45) is 0. The summed E-state index contributed by atoms with van der Waals surface area (Å²) in [7, 11) is 0. The highest BCUT2D eigenvalue weighted by Gasteiger charge is 2.02. The lowest BCUT2D eigenvalue weighted by Gasteiger charge is -2.05. The average Bonchev–Trinajstić information content (AvgIpc) is 2.30. The second kappa shape index (κ2) is 3.49. The minimum Gasteiger partial charge on any atom is -0.0616 e. The first-order valence-electron chi connectivity index (χ1n) is 4.92. The van der Waals surface area contributed by atoms with E-state index in [0.29, 0.717) is 0 Å². The molecule has 0 atom stereocenters. The van der Waals surface area contributed by atoms with Gasteiger partial charge in [0.05, 0.1) is 0 Å². The van der Waals surface area contributed by atoms with Gasteiger partial charge in [0.15, 0.2) is 0 Å². The van der Waals surface area contributed by atoms with E-state index in [4.69, 9.17) is 0 Å². The van der Waals surface area contributed by atoms with Crippen LogP contribution in [0.15, 0.2) is 54.6 Å². The molecule has 1 heteroatoms. The van der Waals surface area contributed by atoms with E-state index in [1.165, 1.54) is 25.1 Å². The third kappa shape index (κ3) is 1.42. The maximum absolute atomic E-state index is 2.44. The van der Waals surface area contributed by atoms with Crippen LogP contribution in [0.4, 0.5) is 0 Å². The second-order valence-corrected chi connectivity index (χ2v) is 4.71. The van der Waals surface area contributed by atoms with Crippen molar-refractivity contribution in [1.82, 2.24) is 0 Å². The van der Waals surface area contributed by atoms with Gasteiger partial charge in [-0.25, -0.2) is 0 Å². The van der Waals surface area contributed by atoms with E-state index in [2.05, 4.69) is 77.2 Å². The Morgan fingerprint density at radius 3 is 1.67 bits per heavy atom. The number of rotatable bonds is 0. The molecule has 15 heavy (non-hydrogen) atoms. The molecule has 0 heterocycles. The molecule has 0 fully saturated rings. The topological polar surface area (TPSA) is 0 Å². The molecule has 3 rings (SSSR count). The lowest BCUT2D eigenvalue weighted by Crippen LogP contribution is -1.81. The molecule has 0 aliphatic carbocycles. The van der Waals surface area contributed by atoms with Crippen LogP contribution in [0.25, 0.3) is 21.5 Å². The van der Waals surface area contributed by atoms with Crippen molar-refractivity contribution in [3.63, 3.8) is 0 Å². The maximum atomic E-state index is 2.44. The minimum atomic E-state index is 1.32. The van der Waals surface area contributed by atoms with E-state index in [0.717, 1.165) is 0 Å². The highest BCUT2D eigenvalue weighted by atomic mass is 127. The molecule has 0 N–H and O–H groups in total. The summed E-state index contributed by atoms with van der Waals surface area (Å²) >= 11 is 2.44. The Labute approximate surface area is 102 Å². The summed E-state index contributed by atoms with van der Waals surface area (Å²) in [5, 5.41) is 5.33. The van der Waals surface area contributed by atoms with E-state index in [9.17, 15) is 0 Å². The van der Waals surface area contributed by atoms with E-state index >= 15 is 0 Å². The molecule has 3 aromatic carbocycles. The molecule has 72 valence electrons. The molecule has 0 amide bonds. The normalized spacial score (nSPS) is 11.0. The first-order valence-corrected chi connectivity index (χ1v) is 6.00. The largest absolute Gasteiger partial charge is 0.0616 e. The fourth-order valence-electron chi connectivity index (χ4n) is 1.96. The molecular formula is C14H9I. The van der Waals surface area contributed by atoms with Crippen molar-refractivity contribution in [2.24, 2.45) is 0 Å². The molecule has 0 radical (unpaired) electrons. The minimum absolute atomic E-state index is 1.32. The zero-order valence-corrected chi connectivity index (χ0v) is 10.2. The van der Waals surface area contributed by atoms with Gasteiger partial charge in [0.1, 0.15) is 0 Å². The van der Waals surface area contributed by atoms with Gasteiger partial charge in [-0.05, 0) is 50.2 Å². The van der Waals surface area contributed by atoms with Gasteiger partial charge in [0.25, 0.3) is 0 Å². The van der Waals surface area contributed by atoms with E-state index in [1.807, 2.05) is 0 Å². The van der Waals surface area contributed by atoms with E-state index in [-0.39, 0.29) is 0 Å². The summed E-state index contributed by atoms with van der Waals surface area (Å²) in [5.41, 5.74) is 0. The number of fused-ring (bicyclic) bond motifs is 2. The van der Waals surface area contributed by atoms with Crippen LogP contribution in [0.1, 0.15) is 0 Å². The van der Waals surface area contributed by atoms with Crippen LogP contribution in [-0.4, -0.2) is 0 Å². The van der Waals surface area contributed by atoms with Crippen LogP contribution in [0.3, 0.4) is 0 Å². The van der Waals surface area contributed by atoms with Gasteiger partial charge in [0.2, 0.25) is 0 Å². The monoisotopic (exact) mass is 304 g/mol. The third-order valence-electron chi connectivity index (χ3n) is 2.71. The smallest absolute Gasteiger partial charge is 0.0287 e. The average molecular weight is 304 g/mol. The zero-order chi connectivity index (χ0) is 10.3. The molecule has 0 unspecified atom stereocenters. The zero-order valence-electron chi connectivity index (χ0n) is 8.07. The second-order valence-electron chi connectivity index (χ2n) is 3.63. The van der Waals surface area contributed by atoms with Crippen LogP contribution in [0, 0.1) is 3.57 Å². The first-order chi connectivity index (χ1) is 7.36. The first kappa shape index (κ1) is 9.16. The maximum Gasteiger partial charge on any atom is 0.0287 e. The van der Waals surface area contributed by atoms with Gasteiger partial charge >= 0.3 is 0 Å². The van der Waals surface area contributed by atoms with Crippen molar-refractivity contribution in [3.8, 4) is 0 Å². The summed E-state index contributed by atoms with van der Waals surface area (Å²) in [6.45, 7) is 0. The van der Waals surface area contributed by atoms with Crippen LogP contribution in [0.5, 0.6) is 0 Å². The number of halogens is 1. The van der Waals surface area contributed by atoms with Crippen molar-refractivity contribution < 1.29 is 0 Å². The molecule has 0 saturated heterocycles. The van der Waals surface area contributed by atoms with Gasteiger partial charge in [-0.1, -0.05) is 48.5 Å². The number of hydrogen-bond acceptors (Lipinski definition) is 0. The molecule has 0 aliphatic rings. The van der Waals surface area contributed by atoms with E-state index < -0.39 is 0 Å². The van der Waals surface area contributed by atoms with Crippen molar-refractivity contribution in [2.75, 3.05) is 0 Å². The van der Waals surface area contributed by atoms with Crippen molar-refractivity contribution in [2.45, 2.75) is 0 Å². The van der Waals surface area contributed by atoms with Crippen molar-refractivity contribution in [1.29, 1.82) is 0 Å². The highest BCUT2D eigenvalue weighted by molar-refractivity contribution is 14.1. The molecule has 0 nitrogen and oxygen atoms in total. The molecule has 0 aromatic heterocycles. The van der Waals surface area contributed by atoms with Gasteiger partial charge in [-0.2, -0.15) is 0 Å². The Bertz CT molecular complexity index is 587. The Morgan fingerprint density at radius 1 is 0.667 bits per heavy atom. The summed E-state index contributed by atoms with van der Waals surface area (Å²) in [6, 6.07) is 19.3. The quantitative estimate of drug-likeness (QED) is 0.421. The predicted molar refractivity (Wildman–Crippen MR) is 74.2 cm³/mol. The molecular weight excluding hydrogens is 295 g/mol. The van der Waals surface area contributed by atoms with Gasteiger partial charge < -0.3 is 0 Å². The number of benzene rings is 3. The molecule has 0 aliphatic heterocycles. The van der Waals surface area contributed by atoms with Gasteiger partial charge in [-0.15, -0.1) is 0 Å². The number of hydrogen-bond donors (Lipinski definition) is 0. The van der Waals surface area contributed by atoms with Crippen molar-refractivity contribution in [3.05, 3.63) is 58.2 Å². The fraction of sp³-hybridized carbons (Fsp3) is 0. The summed E-state index contributed by atoms with van der Waals surface area (Å²) in [5.74, 6) is 0. The fourth-order valence-corrected chi connectivity index (χ4v) is 2.94. The van der Waals surface area contributed by atoms with Crippen LogP contribution in [0.2, 0.25) is 0 Å². The molecule has 3 aromatic rings. The Balaban J connectivity index is 2.60.